The molecule has 0 aliphatic heterocycles. The van der Waals surface area contributed by atoms with Crippen LogP contribution in [0.2, 0.25) is 0 Å². The molecule has 1 heterocycles. The lowest BCUT2D eigenvalue weighted by Gasteiger charge is -2.37. The molecule has 8 heteroatoms. The summed E-state index contributed by atoms with van der Waals surface area (Å²) >= 11 is 0. The van der Waals surface area contributed by atoms with E-state index in [0.29, 0.717) is 31.6 Å². The Morgan fingerprint density at radius 2 is 2.21 bits per heavy atom. The van der Waals surface area contributed by atoms with Crippen molar-refractivity contribution in [3.05, 3.63) is 12.2 Å². The summed E-state index contributed by atoms with van der Waals surface area (Å²) in [6, 6.07) is -0.355. The van der Waals surface area contributed by atoms with Crippen molar-refractivity contribution in [1.82, 2.24) is 25.8 Å². The van der Waals surface area contributed by atoms with Crippen molar-refractivity contribution in [3.63, 3.8) is 0 Å². The SMILES string of the molecule is O=C(NCCc1ncn[nH]1)NCC1(C(=O)O)CCC1. The van der Waals surface area contributed by atoms with E-state index >= 15 is 0 Å². The summed E-state index contributed by atoms with van der Waals surface area (Å²) in [6.07, 6.45) is 4.11. The maximum absolute atomic E-state index is 11.5. The number of aromatic amines is 1. The van der Waals surface area contributed by atoms with Crippen LogP contribution in [0.3, 0.4) is 0 Å². The zero-order valence-corrected chi connectivity index (χ0v) is 10.5. The fraction of sp³-hybridized carbons (Fsp3) is 0.636. The molecule has 1 aliphatic carbocycles. The first-order valence-corrected chi connectivity index (χ1v) is 6.22. The fourth-order valence-corrected chi connectivity index (χ4v) is 2.03. The number of carbonyl (C=O) groups is 2. The van der Waals surface area contributed by atoms with Crippen LogP contribution in [0.15, 0.2) is 6.33 Å². The molecule has 0 unspecified atom stereocenters. The standard InChI is InChI=1S/C11H17N5O3/c17-9(18)11(3-1-4-11)6-13-10(19)12-5-2-8-14-7-15-16-8/h7H,1-6H2,(H,17,18)(H2,12,13,19)(H,14,15,16). The lowest BCUT2D eigenvalue weighted by molar-refractivity contribution is -0.153. The van der Waals surface area contributed by atoms with E-state index < -0.39 is 11.4 Å². The molecule has 0 spiro atoms. The third-order valence-corrected chi connectivity index (χ3v) is 3.46. The molecule has 1 saturated carbocycles. The minimum absolute atomic E-state index is 0.177. The summed E-state index contributed by atoms with van der Waals surface area (Å²) < 4.78 is 0. The zero-order valence-electron chi connectivity index (χ0n) is 10.5. The van der Waals surface area contributed by atoms with E-state index in [-0.39, 0.29) is 12.6 Å². The van der Waals surface area contributed by atoms with Crippen molar-refractivity contribution in [2.24, 2.45) is 5.41 Å². The van der Waals surface area contributed by atoms with Gasteiger partial charge in [-0.2, -0.15) is 5.10 Å². The van der Waals surface area contributed by atoms with Crippen LogP contribution in [0.1, 0.15) is 25.1 Å². The van der Waals surface area contributed by atoms with Gasteiger partial charge in [0.05, 0.1) is 5.41 Å². The van der Waals surface area contributed by atoms with Gasteiger partial charge in [0.25, 0.3) is 0 Å². The van der Waals surface area contributed by atoms with Crippen LogP contribution in [0.4, 0.5) is 4.79 Å². The Morgan fingerprint density at radius 1 is 1.42 bits per heavy atom. The maximum Gasteiger partial charge on any atom is 0.314 e. The highest BCUT2D eigenvalue weighted by atomic mass is 16.4. The van der Waals surface area contributed by atoms with Gasteiger partial charge in [-0.25, -0.2) is 9.78 Å². The number of nitrogens with zero attached hydrogens (tertiary/aromatic N) is 2. The van der Waals surface area contributed by atoms with Gasteiger partial charge in [0, 0.05) is 19.5 Å². The molecule has 1 fully saturated rings. The second-order valence-corrected chi connectivity index (χ2v) is 4.73. The lowest BCUT2D eigenvalue weighted by Crippen LogP contribution is -2.49. The maximum atomic E-state index is 11.5. The quantitative estimate of drug-likeness (QED) is 0.573. The van der Waals surface area contributed by atoms with Crippen molar-refractivity contribution in [2.75, 3.05) is 13.1 Å². The zero-order chi connectivity index (χ0) is 13.7. The number of rotatable bonds is 6. The van der Waals surface area contributed by atoms with E-state index in [9.17, 15) is 9.59 Å². The number of aromatic nitrogens is 3. The Bertz CT molecular complexity index is 441. The van der Waals surface area contributed by atoms with Crippen LogP contribution in [0, 0.1) is 5.41 Å². The van der Waals surface area contributed by atoms with Crippen LogP contribution < -0.4 is 10.6 Å². The molecular weight excluding hydrogens is 250 g/mol. The van der Waals surface area contributed by atoms with Crippen molar-refractivity contribution in [3.8, 4) is 0 Å². The Hall–Kier alpha value is -2.12. The predicted octanol–water partition coefficient (Wildman–Crippen LogP) is -0.0987. The van der Waals surface area contributed by atoms with Gasteiger partial charge >= 0.3 is 12.0 Å². The highest BCUT2D eigenvalue weighted by Gasteiger charge is 2.44. The molecule has 1 aromatic rings. The third-order valence-electron chi connectivity index (χ3n) is 3.46. The molecule has 1 aliphatic rings. The predicted molar refractivity (Wildman–Crippen MR) is 65.4 cm³/mol. The molecular formula is C11H17N5O3. The van der Waals surface area contributed by atoms with E-state index in [0.717, 1.165) is 6.42 Å². The van der Waals surface area contributed by atoms with E-state index in [1.165, 1.54) is 6.33 Å². The van der Waals surface area contributed by atoms with E-state index in [1.807, 2.05) is 0 Å². The average molecular weight is 267 g/mol. The van der Waals surface area contributed by atoms with Gasteiger partial charge in [-0.05, 0) is 12.8 Å². The summed E-state index contributed by atoms with van der Waals surface area (Å²) in [5.41, 5.74) is -0.762. The molecule has 104 valence electrons. The number of nitrogens with one attached hydrogen (secondary N) is 3. The first kappa shape index (κ1) is 13.3. The lowest BCUT2D eigenvalue weighted by atomic mass is 9.69. The summed E-state index contributed by atoms with van der Waals surface area (Å²) in [7, 11) is 0. The summed E-state index contributed by atoms with van der Waals surface area (Å²) in [5.74, 6) is -0.137. The number of aliphatic carboxylic acids is 1. The van der Waals surface area contributed by atoms with Crippen LogP contribution >= 0.6 is 0 Å². The molecule has 0 bridgehead atoms. The number of carbonyl (C=O) groups excluding carboxylic acids is 1. The van der Waals surface area contributed by atoms with E-state index in [2.05, 4.69) is 25.8 Å². The second-order valence-electron chi connectivity index (χ2n) is 4.73. The molecule has 8 nitrogen and oxygen atoms in total. The Balaban J connectivity index is 1.66. The third kappa shape index (κ3) is 3.21. The van der Waals surface area contributed by atoms with Crippen molar-refractivity contribution < 1.29 is 14.7 Å². The molecule has 0 radical (unpaired) electrons. The number of hydrogen-bond acceptors (Lipinski definition) is 4. The number of carboxylic acids is 1. The van der Waals surface area contributed by atoms with Crippen molar-refractivity contribution in [2.45, 2.75) is 25.7 Å². The van der Waals surface area contributed by atoms with Crippen LogP contribution in [-0.2, 0) is 11.2 Å². The Kier molecular flexibility index (Phi) is 3.98. The Labute approximate surface area is 110 Å². The minimum atomic E-state index is -0.833. The molecule has 0 saturated heterocycles. The smallest absolute Gasteiger partial charge is 0.314 e. The first-order valence-electron chi connectivity index (χ1n) is 6.22. The number of hydrogen-bond donors (Lipinski definition) is 4. The topological polar surface area (TPSA) is 120 Å². The van der Waals surface area contributed by atoms with Gasteiger partial charge in [-0.15, -0.1) is 0 Å². The first-order chi connectivity index (χ1) is 9.12. The van der Waals surface area contributed by atoms with Crippen LogP contribution in [-0.4, -0.2) is 45.4 Å². The summed E-state index contributed by atoms with van der Waals surface area (Å²) in [6.45, 7) is 0.595. The largest absolute Gasteiger partial charge is 0.481 e. The van der Waals surface area contributed by atoms with Gasteiger partial charge in [-0.3, -0.25) is 9.89 Å². The van der Waals surface area contributed by atoms with Crippen molar-refractivity contribution >= 4 is 12.0 Å². The monoisotopic (exact) mass is 267 g/mol. The van der Waals surface area contributed by atoms with Gasteiger partial charge in [-0.1, -0.05) is 6.42 Å². The second kappa shape index (κ2) is 5.68. The normalized spacial score (nSPS) is 16.4. The van der Waals surface area contributed by atoms with Crippen molar-refractivity contribution in [1.29, 1.82) is 0 Å². The van der Waals surface area contributed by atoms with Crippen LogP contribution in [0.25, 0.3) is 0 Å². The molecule has 19 heavy (non-hydrogen) atoms. The number of urea groups is 1. The molecule has 1 aromatic heterocycles. The van der Waals surface area contributed by atoms with Gasteiger partial charge < -0.3 is 15.7 Å². The fourth-order valence-electron chi connectivity index (χ4n) is 2.03. The van der Waals surface area contributed by atoms with E-state index in [1.54, 1.807) is 0 Å². The number of H-pyrrole nitrogens is 1. The molecule has 2 amide bonds. The van der Waals surface area contributed by atoms with Gasteiger partial charge in [0.15, 0.2) is 0 Å². The average Bonchev–Trinajstić information content (AvgIpc) is 2.80. The molecule has 2 rings (SSSR count). The van der Waals surface area contributed by atoms with Gasteiger partial charge in [0.2, 0.25) is 0 Å². The number of carboxylic acid groups (broad SMARTS) is 1. The highest BCUT2D eigenvalue weighted by Crippen LogP contribution is 2.40. The molecule has 0 atom stereocenters. The number of amides is 2. The van der Waals surface area contributed by atoms with E-state index in [4.69, 9.17) is 5.11 Å². The summed E-state index contributed by atoms with van der Waals surface area (Å²) in [5, 5.41) is 20.8. The Morgan fingerprint density at radius 3 is 2.74 bits per heavy atom. The molecule has 4 N–H and O–H groups in total. The summed E-state index contributed by atoms with van der Waals surface area (Å²) in [4.78, 5) is 26.5. The van der Waals surface area contributed by atoms with Crippen LogP contribution in [0.5, 0.6) is 0 Å². The van der Waals surface area contributed by atoms with Gasteiger partial charge in [0.1, 0.15) is 12.2 Å². The highest BCUT2D eigenvalue weighted by molar-refractivity contribution is 5.78. The molecule has 0 aromatic carbocycles. The minimum Gasteiger partial charge on any atom is -0.481 e.